The molecule has 0 atom stereocenters. The number of aromatic nitrogens is 2. The van der Waals surface area contributed by atoms with Gasteiger partial charge in [0.05, 0.1) is 17.6 Å². The molecule has 2 aromatic rings. The van der Waals surface area contributed by atoms with Crippen molar-refractivity contribution in [1.82, 2.24) is 9.78 Å². The molecule has 1 aromatic heterocycles. The smallest absolute Gasteiger partial charge is 0.175 e. The first-order valence-corrected chi connectivity index (χ1v) is 6.17. The van der Waals surface area contributed by atoms with Crippen LogP contribution in [0.4, 0.5) is 11.4 Å². The fourth-order valence-corrected chi connectivity index (χ4v) is 1.79. The van der Waals surface area contributed by atoms with E-state index in [9.17, 15) is 0 Å². The maximum atomic E-state index is 5.81. The summed E-state index contributed by atoms with van der Waals surface area (Å²) in [5.41, 5.74) is 2.80. The molecule has 2 N–H and O–H groups in total. The Kier molecular flexibility index (Phi) is 3.84. The van der Waals surface area contributed by atoms with E-state index in [1.165, 1.54) is 0 Å². The fourth-order valence-electron chi connectivity index (χ4n) is 1.44. The van der Waals surface area contributed by atoms with Gasteiger partial charge in [-0.3, -0.25) is 4.68 Å². The number of hydrogen-bond donors (Lipinski definition) is 2. The monoisotopic (exact) mass is 280 g/mol. The van der Waals surface area contributed by atoms with Crippen LogP contribution in [-0.2, 0) is 7.05 Å². The Bertz CT molecular complexity index is 562. The van der Waals surface area contributed by atoms with Crippen LogP contribution in [-0.4, -0.2) is 14.9 Å². The molecular formula is C12H13ClN4S. The summed E-state index contributed by atoms with van der Waals surface area (Å²) in [5, 5.41) is 11.5. The van der Waals surface area contributed by atoms with Gasteiger partial charge in [0.25, 0.3) is 0 Å². The zero-order valence-corrected chi connectivity index (χ0v) is 11.6. The molecule has 94 valence electrons. The van der Waals surface area contributed by atoms with Crippen molar-refractivity contribution in [3.63, 3.8) is 0 Å². The van der Waals surface area contributed by atoms with E-state index in [0.717, 1.165) is 17.1 Å². The van der Waals surface area contributed by atoms with Gasteiger partial charge >= 0.3 is 0 Å². The second-order valence-corrected chi connectivity index (χ2v) is 4.70. The highest BCUT2D eigenvalue weighted by Gasteiger charge is 2.05. The molecule has 0 saturated heterocycles. The minimum Gasteiger partial charge on any atom is -0.332 e. The van der Waals surface area contributed by atoms with E-state index in [1.54, 1.807) is 10.9 Å². The third-order valence-corrected chi connectivity index (χ3v) is 3.04. The van der Waals surface area contributed by atoms with E-state index in [4.69, 9.17) is 23.8 Å². The first-order chi connectivity index (χ1) is 8.56. The van der Waals surface area contributed by atoms with Crippen LogP contribution in [0.3, 0.4) is 0 Å². The quantitative estimate of drug-likeness (QED) is 0.829. The number of thiocarbonyl (C=S) groups is 1. The molecule has 0 saturated carbocycles. The lowest BCUT2D eigenvalue weighted by molar-refractivity contribution is 0.740. The van der Waals surface area contributed by atoms with Gasteiger partial charge in [-0.15, -0.1) is 0 Å². The van der Waals surface area contributed by atoms with Gasteiger partial charge in [0, 0.05) is 17.8 Å². The third-order valence-electron chi connectivity index (χ3n) is 2.59. The van der Waals surface area contributed by atoms with Gasteiger partial charge in [-0.25, -0.2) is 0 Å². The topological polar surface area (TPSA) is 41.9 Å². The van der Waals surface area contributed by atoms with E-state index in [2.05, 4.69) is 15.7 Å². The number of aryl methyl sites for hydroxylation is 1. The maximum absolute atomic E-state index is 5.81. The van der Waals surface area contributed by atoms with Gasteiger partial charge < -0.3 is 10.6 Å². The van der Waals surface area contributed by atoms with Crippen molar-refractivity contribution >= 4 is 40.3 Å². The summed E-state index contributed by atoms with van der Waals surface area (Å²) in [6.45, 7) is 1.97. The maximum Gasteiger partial charge on any atom is 0.175 e. The van der Waals surface area contributed by atoms with Gasteiger partial charge in [-0.05, 0) is 43.4 Å². The number of hydrogen-bond acceptors (Lipinski definition) is 2. The summed E-state index contributed by atoms with van der Waals surface area (Å²) in [5.74, 6) is 0. The van der Waals surface area contributed by atoms with Crippen molar-refractivity contribution in [2.24, 2.45) is 7.05 Å². The molecule has 6 heteroatoms. The molecule has 0 amide bonds. The van der Waals surface area contributed by atoms with Crippen molar-refractivity contribution < 1.29 is 0 Å². The lowest BCUT2D eigenvalue weighted by atomic mass is 10.3. The normalized spacial score (nSPS) is 10.2. The van der Waals surface area contributed by atoms with Crippen LogP contribution in [0, 0.1) is 6.92 Å². The molecule has 0 aliphatic heterocycles. The van der Waals surface area contributed by atoms with E-state index < -0.39 is 0 Å². The summed E-state index contributed by atoms with van der Waals surface area (Å²) in [4.78, 5) is 0. The van der Waals surface area contributed by atoms with Crippen LogP contribution in [0.25, 0.3) is 0 Å². The Morgan fingerprint density at radius 1 is 1.28 bits per heavy atom. The first kappa shape index (κ1) is 12.9. The number of nitrogens with one attached hydrogen (secondary N) is 2. The molecule has 0 unspecified atom stereocenters. The van der Waals surface area contributed by atoms with Crippen LogP contribution in [0.15, 0.2) is 30.5 Å². The Labute approximate surface area is 116 Å². The Morgan fingerprint density at radius 2 is 1.94 bits per heavy atom. The van der Waals surface area contributed by atoms with Gasteiger partial charge in [0.15, 0.2) is 5.11 Å². The van der Waals surface area contributed by atoms with Crippen LogP contribution >= 0.6 is 23.8 Å². The van der Waals surface area contributed by atoms with E-state index >= 15 is 0 Å². The molecule has 0 spiro atoms. The molecule has 0 bridgehead atoms. The van der Waals surface area contributed by atoms with Crippen LogP contribution in [0.2, 0.25) is 5.02 Å². The molecule has 0 aliphatic rings. The second-order valence-electron chi connectivity index (χ2n) is 3.85. The fraction of sp³-hybridized carbons (Fsp3) is 0.167. The van der Waals surface area contributed by atoms with Crippen molar-refractivity contribution in [1.29, 1.82) is 0 Å². The zero-order chi connectivity index (χ0) is 13.1. The van der Waals surface area contributed by atoms with Gasteiger partial charge in [0.1, 0.15) is 0 Å². The Hall–Kier alpha value is -1.59. The van der Waals surface area contributed by atoms with Crippen molar-refractivity contribution in [3.05, 3.63) is 41.2 Å². The van der Waals surface area contributed by atoms with Gasteiger partial charge in [-0.1, -0.05) is 11.6 Å². The molecule has 0 radical (unpaired) electrons. The number of rotatable bonds is 2. The molecular weight excluding hydrogens is 268 g/mol. The Morgan fingerprint density at radius 3 is 2.50 bits per heavy atom. The predicted molar refractivity (Wildman–Crippen MR) is 79.2 cm³/mol. The van der Waals surface area contributed by atoms with Crippen LogP contribution in [0.1, 0.15) is 5.69 Å². The number of anilines is 2. The zero-order valence-electron chi connectivity index (χ0n) is 10.1. The standard InChI is InChI=1S/C12H13ClN4S/c1-8-11(7-14-17(8)2)16-12(18)15-10-5-3-9(13)4-6-10/h3-7H,1-2H3,(H2,15,16,18). The van der Waals surface area contributed by atoms with Crippen LogP contribution < -0.4 is 10.6 Å². The summed E-state index contributed by atoms with van der Waals surface area (Å²) < 4.78 is 1.78. The molecule has 1 heterocycles. The molecule has 18 heavy (non-hydrogen) atoms. The van der Waals surface area contributed by atoms with Crippen molar-refractivity contribution in [2.45, 2.75) is 6.92 Å². The number of benzene rings is 1. The largest absolute Gasteiger partial charge is 0.332 e. The van der Waals surface area contributed by atoms with Crippen molar-refractivity contribution in [3.8, 4) is 0 Å². The average molecular weight is 281 g/mol. The van der Waals surface area contributed by atoms with E-state index in [0.29, 0.717) is 10.1 Å². The van der Waals surface area contributed by atoms with Gasteiger partial charge in [0.2, 0.25) is 0 Å². The van der Waals surface area contributed by atoms with Crippen LogP contribution in [0.5, 0.6) is 0 Å². The van der Waals surface area contributed by atoms with E-state index in [1.807, 2.05) is 38.2 Å². The molecule has 1 aromatic carbocycles. The number of halogens is 1. The minimum absolute atomic E-state index is 0.522. The molecule has 4 nitrogen and oxygen atoms in total. The van der Waals surface area contributed by atoms with E-state index in [-0.39, 0.29) is 0 Å². The summed E-state index contributed by atoms with van der Waals surface area (Å²) in [6.07, 6.45) is 1.74. The highest BCUT2D eigenvalue weighted by molar-refractivity contribution is 7.80. The highest BCUT2D eigenvalue weighted by Crippen LogP contribution is 2.15. The second kappa shape index (κ2) is 5.37. The summed E-state index contributed by atoms with van der Waals surface area (Å²) in [6, 6.07) is 7.35. The first-order valence-electron chi connectivity index (χ1n) is 5.38. The highest BCUT2D eigenvalue weighted by atomic mass is 35.5. The lowest BCUT2D eigenvalue weighted by Gasteiger charge is -2.10. The van der Waals surface area contributed by atoms with Gasteiger partial charge in [-0.2, -0.15) is 5.10 Å². The minimum atomic E-state index is 0.522. The Balaban J connectivity index is 2.01. The molecule has 2 rings (SSSR count). The molecule has 0 fully saturated rings. The summed E-state index contributed by atoms with van der Waals surface area (Å²) >= 11 is 11.0. The molecule has 0 aliphatic carbocycles. The number of nitrogens with zero attached hydrogens (tertiary/aromatic N) is 2. The average Bonchev–Trinajstić information content (AvgIpc) is 2.64. The predicted octanol–water partition coefficient (Wildman–Crippen LogP) is 3.19. The third kappa shape index (κ3) is 3.00. The lowest BCUT2D eigenvalue weighted by Crippen LogP contribution is -2.19. The SMILES string of the molecule is Cc1c(NC(=S)Nc2ccc(Cl)cc2)cnn1C. The van der Waals surface area contributed by atoms with Crippen molar-refractivity contribution in [2.75, 3.05) is 10.6 Å². The summed E-state index contributed by atoms with van der Waals surface area (Å²) in [7, 11) is 1.89.